The van der Waals surface area contributed by atoms with Gasteiger partial charge in [-0.15, -0.1) is 6.42 Å². The van der Waals surface area contributed by atoms with Gasteiger partial charge in [0.25, 0.3) is 0 Å². The van der Waals surface area contributed by atoms with Crippen LogP contribution >= 0.6 is 0 Å². The molecule has 1 heterocycles. The lowest BCUT2D eigenvalue weighted by atomic mass is 9.78. The van der Waals surface area contributed by atoms with E-state index in [9.17, 15) is 9.59 Å². The van der Waals surface area contributed by atoms with Crippen LogP contribution in [0.3, 0.4) is 0 Å². The lowest BCUT2D eigenvalue weighted by Crippen LogP contribution is -2.20. The number of ketones is 1. The van der Waals surface area contributed by atoms with Crippen LogP contribution in [0.4, 0.5) is 0 Å². The van der Waals surface area contributed by atoms with E-state index >= 15 is 0 Å². The molecule has 0 bridgehead atoms. The van der Waals surface area contributed by atoms with Gasteiger partial charge >= 0.3 is 5.97 Å². The van der Waals surface area contributed by atoms with Crippen molar-refractivity contribution in [3.63, 3.8) is 0 Å². The average Bonchev–Trinajstić information content (AvgIpc) is 3.30. The average molecular weight is 386 g/mol. The van der Waals surface area contributed by atoms with Gasteiger partial charge in [-0.1, -0.05) is 66.6 Å². The number of esters is 1. The molecule has 0 aliphatic rings. The van der Waals surface area contributed by atoms with Crippen LogP contribution in [0.1, 0.15) is 46.4 Å². The number of terminal acetylenes is 1. The second-order valence-corrected chi connectivity index (χ2v) is 6.70. The third kappa shape index (κ3) is 5.46. The van der Waals surface area contributed by atoms with E-state index in [0.29, 0.717) is 11.3 Å². The first-order chi connectivity index (χ1) is 14.2. The molecule has 4 nitrogen and oxygen atoms in total. The highest BCUT2D eigenvalue weighted by Gasteiger charge is 2.31. The third-order valence-corrected chi connectivity index (χ3v) is 4.83. The molecule has 3 rings (SSSR count). The van der Waals surface area contributed by atoms with Gasteiger partial charge in [-0.05, 0) is 17.7 Å². The van der Waals surface area contributed by atoms with Crippen molar-refractivity contribution in [2.45, 2.75) is 24.7 Å². The maximum Gasteiger partial charge on any atom is 0.307 e. The van der Waals surface area contributed by atoms with E-state index in [1.54, 1.807) is 24.5 Å². The zero-order chi connectivity index (χ0) is 20.5. The van der Waals surface area contributed by atoms with Crippen LogP contribution in [0, 0.1) is 12.3 Å². The number of furan rings is 1. The maximum absolute atomic E-state index is 13.0. The number of ether oxygens (including phenoxy) is 1. The van der Waals surface area contributed by atoms with E-state index in [4.69, 9.17) is 15.6 Å². The van der Waals surface area contributed by atoms with Gasteiger partial charge in [-0.3, -0.25) is 9.59 Å². The Labute approximate surface area is 170 Å². The quantitative estimate of drug-likeness (QED) is 0.295. The molecule has 1 aromatic heterocycles. The second kappa shape index (κ2) is 10.1. The number of rotatable bonds is 9. The van der Waals surface area contributed by atoms with E-state index in [0.717, 1.165) is 5.56 Å². The summed E-state index contributed by atoms with van der Waals surface area (Å²) in [4.78, 5) is 25.3. The summed E-state index contributed by atoms with van der Waals surface area (Å²) in [6, 6.07) is 22.4. The fraction of sp³-hybridized carbons (Fsp3) is 0.200. The summed E-state index contributed by atoms with van der Waals surface area (Å²) in [7, 11) is 0. The SMILES string of the molecule is C#CCOC(=O)C[C@@H](c1ccccc1)[C@@H](CC(=O)c1ccccc1)c1ccco1. The molecule has 29 heavy (non-hydrogen) atoms. The molecule has 0 spiro atoms. The summed E-state index contributed by atoms with van der Waals surface area (Å²) in [6.07, 6.45) is 7.08. The van der Waals surface area contributed by atoms with Crippen LogP contribution in [0.25, 0.3) is 0 Å². The molecular formula is C25H22O4. The molecular weight excluding hydrogens is 364 g/mol. The molecule has 0 aliphatic carbocycles. The summed E-state index contributed by atoms with van der Waals surface area (Å²) >= 11 is 0. The molecule has 146 valence electrons. The first kappa shape index (κ1) is 20.2. The summed E-state index contributed by atoms with van der Waals surface area (Å²) in [5.74, 6) is 1.94. The van der Waals surface area contributed by atoms with Crippen LogP contribution < -0.4 is 0 Å². The van der Waals surface area contributed by atoms with Crippen molar-refractivity contribution in [2.75, 3.05) is 6.61 Å². The highest BCUT2D eigenvalue weighted by Crippen LogP contribution is 2.39. The minimum atomic E-state index is -0.402. The summed E-state index contributed by atoms with van der Waals surface area (Å²) in [5.41, 5.74) is 1.57. The highest BCUT2D eigenvalue weighted by atomic mass is 16.5. The monoisotopic (exact) mass is 386 g/mol. The minimum Gasteiger partial charge on any atom is -0.469 e. The highest BCUT2D eigenvalue weighted by molar-refractivity contribution is 5.96. The summed E-state index contributed by atoms with van der Waals surface area (Å²) in [6.45, 7) is -0.0747. The molecule has 0 fully saturated rings. The normalized spacial score (nSPS) is 12.5. The van der Waals surface area contributed by atoms with Crippen molar-refractivity contribution in [3.8, 4) is 12.3 Å². The van der Waals surface area contributed by atoms with Crippen LogP contribution in [-0.4, -0.2) is 18.4 Å². The zero-order valence-electron chi connectivity index (χ0n) is 16.0. The van der Waals surface area contributed by atoms with E-state index < -0.39 is 5.97 Å². The van der Waals surface area contributed by atoms with E-state index in [1.165, 1.54) is 0 Å². The topological polar surface area (TPSA) is 56.5 Å². The predicted molar refractivity (Wildman–Crippen MR) is 110 cm³/mol. The molecule has 0 aliphatic heterocycles. The van der Waals surface area contributed by atoms with Gasteiger partial charge in [0.05, 0.1) is 12.7 Å². The first-order valence-electron chi connectivity index (χ1n) is 9.44. The van der Waals surface area contributed by atoms with Gasteiger partial charge in [-0.2, -0.15) is 0 Å². The maximum atomic E-state index is 13.0. The van der Waals surface area contributed by atoms with E-state index in [1.807, 2.05) is 54.6 Å². The molecule has 2 atom stereocenters. The van der Waals surface area contributed by atoms with Crippen molar-refractivity contribution < 1.29 is 18.7 Å². The van der Waals surface area contributed by atoms with Gasteiger partial charge in [-0.25, -0.2) is 0 Å². The molecule has 2 aromatic carbocycles. The molecule has 3 aromatic rings. The first-order valence-corrected chi connectivity index (χ1v) is 9.44. The fourth-order valence-corrected chi connectivity index (χ4v) is 3.44. The Morgan fingerprint density at radius 1 is 0.897 bits per heavy atom. The zero-order valence-corrected chi connectivity index (χ0v) is 16.0. The van der Waals surface area contributed by atoms with E-state index in [2.05, 4.69) is 5.92 Å². The minimum absolute atomic E-state index is 0.00933. The molecule has 0 amide bonds. The van der Waals surface area contributed by atoms with Gasteiger partial charge in [0.1, 0.15) is 5.76 Å². The largest absolute Gasteiger partial charge is 0.469 e. The fourth-order valence-electron chi connectivity index (χ4n) is 3.44. The molecule has 0 unspecified atom stereocenters. The van der Waals surface area contributed by atoms with Gasteiger partial charge in [0, 0.05) is 23.8 Å². The van der Waals surface area contributed by atoms with Crippen LogP contribution in [-0.2, 0) is 9.53 Å². The van der Waals surface area contributed by atoms with Crippen molar-refractivity contribution in [1.82, 2.24) is 0 Å². The molecule has 4 heteroatoms. The number of hydrogen-bond acceptors (Lipinski definition) is 4. The number of carbonyl (C=O) groups excluding carboxylic acids is 2. The van der Waals surface area contributed by atoms with Gasteiger partial charge in [0.15, 0.2) is 12.4 Å². The van der Waals surface area contributed by atoms with Crippen molar-refractivity contribution in [3.05, 3.63) is 95.9 Å². The Hall–Kier alpha value is -3.58. The molecule has 0 N–H and O–H groups in total. The Morgan fingerprint density at radius 2 is 1.59 bits per heavy atom. The van der Waals surface area contributed by atoms with Gasteiger partial charge < -0.3 is 9.15 Å². The van der Waals surface area contributed by atoms with Crippen molar-refractivity contribution in [2.24, 2.45) is 0 Å². The molecule has 0 saturated carbocycles. The van der Waals surface area contributed by atoms with Crippen LogP contribution in [0.5, 0.6) is 0 Å². The number of benzene rings is 2. The lowest BCUT2D eigenvalue weighted by Gasteiger charge is -2.25. The Kier molecular flexibility index (Phi) is 7.02. The Balaban J connectivity index is 1.93. The Bertz CT molecular complexity index is 953. The number of Topliss-reactive ketones (excluding diaryl/α,β-unsaturated/α-hetero) is 1. The van der Waals surface area contributed by atoms with Crippen molar-refractivity contribution >= 4 is 11.8 Å². The van der Waals surface area contributed by atoms with Crippen LogP contribution in [0.15, 0.2) is 83.5 Å². The van der Waals surface area contributed by atoms with Crippen LogP contribution in [0.2, 0.25) is 0 Å². The lowest BCUT2D eigenvalue weighted by molar-refractivity contribution is -0.142. The molecule has 0 radical (unpaired) electrons. The smallest absolute Gasteiger partial charge is 0.307 e. The van der Waals surface area contributed by atoms with E-state index in [-0.39, 0.29) is 37.1 Å². The second-order valence-electron chi connectivity index (χ2n) is 6.70. The summed E-state index contributed by atoms with van der Waals surface area (Å²) < 4.78 is 10.8. The third-order valence-electron chi connectivity index (χ3n) is 4.83. The molecule has 0 saturated heterocycles. The predicted octanol–water partition coefficient (Wildman–Crippen LogP) is 4.99. The Morgan fingerprint density at radius 3 is 2.21 bits per heavy atom. The summed E-state index contributed by atoms with van der Waals surface area (Å²) in [5, 5.41) is 0. The number of hydrogen-bond donors (Lipinski definition) is 0. The van der Waals surface area contributed by atoms with Gasteiger partial charge in [0.2, 0.25) is 0 Å². The van der Waals surface area contributed by atoms with Crippen molar-refractivity contribution in [1.29, 1.82) is 0 Å². The standard InChI is InChI=1S/C25H22O4/c1-2-15-29-25(27)18-21(19-10-5-3-6-11-19)22(24-14-9-16-28-24)17-23(26)20-12-7-4-8-13-20/h1,3-14,16,21-22H,15,17-18H2/t21-,22+/m0/s1. The number of carbonyl (C=O) groups is 2.